The van der Waals surface area contributed by atoms with Crippen molar-refractivity contribution in [3.8, 4) is 28.4 Å². The van der Waals surface area contributed by atoms with Crippen molar-refractivity contribution >= 4 is 5.82 Å². The molecule has 2 bridgehead atoms. The van der Waals surface area contributed by atoms with E-state index in [-0.39, 0.29) is 11.6 Å². The zero-order valence-corrected chi connectivity index (χ0v) is 17.5. The predicted molar refractivity (Wildman–Crippen MR) is 114 cm³/mol. The van der Waals surface area contributed by atoms with E-state index in [0.29, 0.717) is 36.1 Å². The second-order valence-corrected chi connectivity index (χ2v) is 7.57. The van der Waals surface area contributed by atoms with Crippen molar-refractivity contribution < 1.29 is 9.13 Å². The van der Waals surface area contributed by atoms with E-state index >= 15 is 0 Å². The molecule has 0 saturated carbocycles. The third-order valence-electron chi connectivity index (χ3n) is 5.46. The zero-order valence-electron chi connectivity index (χ0n) is 17.5. The normalized spacial score (nSPS) is 15.2. The molecule has 31 heavy (non-hydrogen) atoms. The summed E-state index contributed by atoms with van der Waals surface area (Å²) in [4.78, 5) is 8.98. The summed E-state index contributed by atoms with van der Waals surface area (Å²) in [5, 5.41) is 9.14. The summed E-state index contributed by atoms with van der Waals surface area (Å²) in [6.07, 6.45) is 3.05. The molecule has 1 aliphatic heterocycles. The molecule has 0 amide bonds. The number of nitrogens with two attached hydrogens (primary N) is 1. The van der Waals surface area contributed by atoms with Gasteiger partial charge in [-0.15, -0.1) is 0 Å². The number of nitrogens with zero attached hydrogens (tertiary/aromatic N) is 6. The monoisotopic (exact) mass is 419 g/mol. The lowest BCUT2D eigenvalue weighted by atomic mass is 10.0. The molecule has 1 aliphatic rings. The molecule has 158 valence electrons. The van der Waals surface area contributed by atoms with Crippen LogP contribution in [0.1, 0.15) is 36.9 Å². The number of hydrogen-bond acceptors (Lipinski definition) is 6. The average molecular weight is 419 g/mol. The third kappa shape index (κ3) is 3.22. The summed E-state index contributed by atoms with van der Waals surface area (Å²) in [5.41, 5.74) is 10.2. The average Bonchev–Trinajstić information content (AvgIpc) is 3.32. The molecule has 1 atom stereocenters. The van der Waals surface area contributed by atoms with Crippen LogP contribution in [0.15, 0.2) is 36.7 Å². The van der Waals surface area contributed by atoms with E-state index in [0.717, 1.165) is 22.4 Å². The summed E-state index contributed by atoms with van der Waals surface area (Å²) < 4.78 is 24.1. The minimum atomic E-state index is -0.495. The molecule has 3 aromatic heterocycles. The number of benzene rings is 1. The Kier molecular flexibility index (Phi) is 4.46. The van der Waals surface area contributed by atoms with Gasteiger partial charge in [-0.05, 0) is 45.0 Å². The van der Waals surface area contributed by atoms with E-state index in [4.69, 9.17) is 10.5 Å². The smallest absolute Gasteiger partial charge is 0.166 e. The van der Waals surface area contributed by atoms with E-state index in [1.165, 1.54) is 12.1 Å². The lowest BCUT2D eigenvalue weighted by Crippen LogP contribution is -2.12. The fourth-order valence-corrected chi connectivity index (χ4v) is 4.05. The van der Waals surface area contributed by atoms with Gasteiger partial charge in [0, 0.05) is 35.0 Å². The van der Waals surface area contributed by atoms with Crippen molar-refractivity contribution in [2.45, 2.75) is 40.0 Å². The van der Waals surface area contributed by atoms with Gasteiger partial charge in [-0.1, -0.05) is 0 Å². The second kappa shape index (κ2) is 7.19. The lowest BCUT2D eigenvalue weighted by Gasteiger charge is -2.21. The van der Waals surface area contributed by atoms with Crippen LogP contribution >= 0.6 is 0 Å². The molecule has 9 heteroatoms. The van der Waals surface area contributed by atoms with E-state index in [9.17, 15) is 4.39 Å². The number of aromatic nitrogens is 6. The fourth-order valence-electron chi connectivity index (χ4n) is 4.05. The molecule has 0 spiro atoms. The zero-order chi connectivity index (χ0) is 21.7. The molecule has 0 fully saturated rings. The minimum Gasteiger partial charge on any atom is -0.482 e. The van der Waals surface area contributed by atoms with Crippen molar-refractivity contribution in [2.24, 2.45) is 0 Å². The number of nitrogen functional groups attached to an aromatic ring is 1. The highest BCUT2D eigenvalue weighted by Crippen LogP contribution is 2.36. The van der Waals surface area contributed by atoms with Gasteiger partial charge in [0.1, 0.15) is 17.7 Å². The van der Waals surface area contributed by atoms with E-state index in [2.05, 4.69) is 20.2 Å². The molecule has 1 aromatic carbocycles. The maximum Gasteiger partial charge on any atom is 0.166 e. The molecule has 0 saturated heterocycles. The minimum absolute atomic E-state index is 0.272. The Balaban J connectivity index is 1.81. The molecule has 4 aromatic rings. The van der Waals surface area contributed by atoms with Gasteiger partial charge in [-0.2, -0.15) is 10.2 Å². The van der Waals surface area contributed by atoms with E-state index in [1.54, 1.807) is 12.3 Å². The van der Waals surface area contributed by atoms with Gasteiger partial charge in [-0.25, -0.2) is 19.0 Å². The first-order valence-corrected chi connectivity index (χ1v) is 10.1. The topological polar surface area (TPSA) is 96.7 Å². The maximum atomic E-state index is 14.2. The first-order valence-electron chi connectivity index (χ1n) is 10.1. The highest BCUT2D eigenvalue weighted by Gasteiger charge is 2.24. The number of rotatable bonds is 1. The quantitative estimate of drug-likeness (QED) is 0.505. The van der Waals surface area contributed by atoms with Crippen LogP contribution in [-0.4, -0.2) is 29.5 Å². The van der Waals surface area contributed by atoms with Crippen LogP contribution in [0.3, 0.4) is 0 Å². The number of anilines is 1. The summed E-state index contributed by atoms with van der Waals surface area (Å²) in [6.45, 7) is 6.87. The van der Waals surface area contributed by atoms with Crippen LogP contribution in [0.25, 0.3) is 22.6 Å². The Bertz CT molecular complexity index is 1290. The summed E-state index contributed by atoms with van der Waals surface area (Å²) in [5.74, 6) is 1.63. The molecular weight excluding hydrogens is 397 g/mol. The van der Waals surface area contributed by atoms with Gasteiger partial charge in [-0.3, -0.25) is 4.68 Å². The highest BCUT2D eigenvalue weighted by molar-refractivity contribution is 5.68. The van der Waals surface area contributed by atoms with Gasteiger partial charge in [0.15, 0.2) is 17.4 Å². The molecule has 8 nitrogen and oxygen atoms in total. The van der Waals surface area contributed by atoms with Crippen molar-refractivity contribution in [3.05, 3.63) is 59.4 Å². The SMILES string of the molecule is CCn1ncc2c1-c1cnc(N)c(c1)OC(C)c1cc(F)ccc1-c1nc(C)nn1C2. The van der Waals surface area contributed by atoms with E-state index in [1.807, 2.05) is 42.4 Å². The Morgan fingerprint density at radius 1 is 1.26 bits per heavy atom. The third-order valence-corrected chi connectivity index (χ3v) is 5.46. The van der Waals surface area contributed by atoms with Gasteiger partial charge in [0.2, 0.25) is 0 Å². The summed E-state index contributed by atoms with van der Waals surface area (Å²) in [7, 11) is 0. The molecule has 2 N–H and O–H groups in total. The van der Waals surface area contributed by atoms with Gasteiger partial charge in [0.25, 0.3) is 0 Å². The number of ether oxygens (including phenoxy) is 1. The maximum absolute atomic E-state index is 14.2. The van der Waals surface area contributed by atoms with E-state index < -0.39 is 6.10 Å². The molecular formula is C22H22FN7O. The largest absolute Gasteiger partial charge is 0.482 e. The molecule has 5 rings (SSSR count). The number of pyridine rings is 1. The van der Waals surface area contributed by atoms with Crippen molar-refractivity contribution in [3.63, 3.8) is 0 Å². The molecule has 0 aliphatic carbocycles. The number of hydrogen-bond donors (Lipinski definition) is 1. The number of halogens is 1. The van der Waals surface area contributed by atoms with Crippen LogP contribution in [0.5, 0.6) is 5.75 Å². The van der Waals surface area contributed by atoms with Crippen LogP contribution < -0.4 is 10.5 Å². The number of fused-ring (bicyclic) bond motifs is 7. The Morgan fingerprint density at radius 3 is 2.90 bits per heavy atom. The second-order valence-electron chi connectivity index (χ2n) is 7.57. The first-order chi connectivity index (χ1) is 14.9. The Morgan fingerprint density at radius 2 is 2.10 bits per heavy atom. The molecule has 4 heterocycles. The van der Waals surface area contributed by atoms with Crippen molar-refractivity contribution in [2.75, 3.05) is 5.73 Å². The van der Waals surface area contributed by atoms with Crippen molar-refractivity contribution in [1.82, 2.24) is 29.5 Å². The lowest BCUT2D eigenvalue weighted by molar-refractivity contribution is 0.227. The fraction of sp³-hybridized carbons (Fsp3) is 0.273. The molecule has 0 radical (unpaired) electrons. The van der Waals surface area contributed by atoms with Gasteiger partial charge < -0.3 is 10.5 Å². The Labute approximate surface area is 178 Å². The Hall–Kier alpha value is -3.75. The van der Waals surface area contributed by atoms with Crippen LogP contribution in [0, 0.1) is 12.7 Å². The standard InChI is InChI=1S/C22H22FN7O/c1-4-29-20-14-7-19(21(24)25-9-14)31-12(2)18-8-16(23)5-6-17(18)22-27-13(3)28-30(22)11-15(20)10-26-29/h5-10,12H,4,11H2,1-3H3,(H2,24,25). The predicted octanol–water partition coefficient (Wildman–Crippen LogP) is 3.75. The van der Waals surface area contributed by atoms with Crippen molar-refractivity contribution in [1.29, 1.82) is 0 Å². The highest BCUT2D eigenvalue weighted by atomic mass is 19.1. The molecule has 1 unspecified atom stereocenters. The van der Waals surface area contributed by atoms with Crippen LogP contribution in [0.2, 0.25) is 0 Å². The van der Waals surface area contributed by atoms with Gasteiger partial charge in [0.05, 0.1) is 18.4 Å². The summed E-state index contributed by atoms with van der Waals surface area (Å²) in [6, 6.07) is 6.46. The summed E-state index contributed by atoms with van der Waals surface area (Å²) >= 11 is 0. The first kappa shape index (κ1) is 19.2. The number of aryl methyl sites for hydroxylation is 2. The van der Waals surface area contributed by atoms with Crippen LogP contribution in [-0.2, 0) is 13.1 Å². The van der Waals surface area contributed by atoms with Gasteiger partial charge >= 0.3 is 0 Å². The van der Waals surface area contributed by atoms with Crippen LogP contribution in [0.4, 0.5) is 10.2 Å².